The molecule has 2 aliphatic heterocycles. The summed E-state index contributed by atoms with van der Waals surface area (Å²) in [6, 6.07) is 9.85. The molecule has 1 N–H and O–H groups in total. The molecule has 3 aliphatic rings. The molecule has 0 bridgehead atoms. The standard InChI is InChI=1S/C26H29N3O4S/c1-16-5-3-4-6-18(16)27-25(31)26(2)14-28-19-9-10-34-23(19)12-20(28)24(30)29(26)13-17-7-8-21-22(11-17)33-15-32-21/h7-12,16,18H,3-6,13-15H2,1-2H3,(H,27,31)/t16-,18+,26+/m1/s1. The molecule has 4 heterocycles. The lowest BCUT2D eigenvalue weighted by atomic mass is 9.85. The molecule has 0 saturated heterocycles. The average molecular weight is 480 g/mol. The van der Waals surface area contributed by atoms with E-state index in [0.717, 1.165) is 35.0 Å². The fourth-order valence-corrected chi connectivity index (χ4v) is 6.42. The number of amides is 2. The SMILES string of the molecule is C[C@@H]1CCCC[C@@H]1NC(=O)[C@]1(C)Cn2c(cc3sccc32)C(=O)N1Cc1ccc2c(c1)OCO2. The molecule has 178 valence electrons. The second kappa shape index (κ2) is 8.05. The molecule has 1 fully saturated rings. The van der Waals surface area contributed by atoms with Gasteiger partial charge in [-0.3, -0.25) is 9.59 Å². The highest BCUT2D eigenvalue weighted by Crippen LogP contribution is 2.38. The van der Waals surface area contributed by atoms with Crippen LogP contribution in [0.3, 0.4) is 0 Å². The summed E-state index contributed by atoms with van der Waals surface area (Å²) in [5.74, 6) is 1.61. The zero-order chi connectivity index (χ0) is 23.4. The first kappa shape index (κ1) is 21.5. The summed E-state index contributed by atoms with van der Waals surface area (Å²) in [5, 5.41) is 5.36. The van der Waals surface area contributed by atoms with Crippen molar-refractivity contribution >= 4 is 33.4 Å². The summed E-state index contributed by atoms with van der Waals surface area (Å²) in [5.41, 5.74) is 1.54. The molecule has 1 aliphatic carbocycles. The Morgan fingerprint density at radius 2 is 2.00 bits per heavy atom. The van der Waals surface area contributed by atoms with Crippen LogP contribution >= 0.6 is 11.3 Å². The van der Waals surface area contributed by atoms with Crippen molar-refractivity contribution in [3.63, 3.8) is 0 Å². The highest BCUT2D eigenvalue weighted by Gasteiger charge is 2.48. The van der Waals surface area contributed by atoms with Crippen LogP contribution in [0, 0.1) is 5.92 Å². The molecule has 34 heavy (non-hydrogen) atoms. The minimum Gasteiger partial charge on any atom is -0.454 e. The van der Waals surface area contributed by atoms with Gasteiger partial charge in [-0.05, 0) is 60.9 Å². The van der Waals surface area contributed by atoms with Crippen molar-refractivity contribution in [3.05, 3.63) is 47.0 Å². The topological polar surface area (TPSA) is 72.8 Å². The van der Waals surface area contributed by atoms with E-state index in [9.17, 15) is 9.59 Å². The van der Waals surface area contributed by atoms with E-state index in [-0.39, 0.29) is 24.6 Å². The number of ether oxygens (including phenoxy) is 2. The van der Waals surface area contributed by atoms with Gasteiger partial charge in [0.25, 0.3) is 5.91 Å². The Bertz CT molecular complexity index is 1280. The summed E-state index contributed by atoms with van der Waals surface area (Å²) in [7, 11) is 0. The number of thiophene rings is 1. The van der Waals surface area contributed by atoms with E-state index in [1.165, 1.54) is 6.42 Å². The molecule has 0 unspecified atom stereocenters. The zero-order valence-electron chi connectivity index (χ0n) is 19.5. The Balaban J connectivity index is 1.37. The van der Waals surface area contributed by atoms with Crippen LogP contribution < -0.4 is 14.8 Å². The molecular formula is C26H29N3O4S. The number of nitrogens with zero attached hydrogens (tertiary/aromatic N) is 2. The van der Waals surface area contributed by atoms with Crippen LogP contribution in [0.15, 0.2) is 35.7 Å². The van der Waals surface area contributed by atoms with Crippen molar-refractivity contribution in [1.29, 1.82) is 0 Å². The molecule has 8 heteroatoms. The molecule has 1 saturated carbocycles. The average Bonchev–Trinajstić information content (AvgIpc) is 3.55. The third-order valence-corrected chi connectivity index (χ3v) is 8.60. The van der Waals surface area contributed by atoms with Crippen LogP contribution in [0.25, 0.3) is 10.2 Å². The van der Waals surface area contributed by atoms with E-state index in [4.69, 9.17) is 9.47 Å². The van der Waals surface area contributed by atoms with E-state index in [2.05, 4.69) is 12.2 Å². The molecule has 7 nitrogen and oxygen atoms in total. The van der Waals surface area contributed by atoms with E-state index in [0.29, 0.717) is 36.2 Å². The van der Waals surface area contributed by atoms with Crippen LogP contribution in [0.5, 0.6) is 11.5 Å². The highest BCUT2D eigenvalue weighted by atomic mass is 32.1. The van der Waals surface area contributed by atoms with E-state index < -0.39 is 5.54 Å². The van der Waals surface area contributed by atoms with E-state index in [1.807, 2.05) is 47.2 Å². The van der Waals surface area contributed by atoms with Gasteiger partial charge in [-0.25, -0.2) is 0 Å². The molecule has 3 atom stereocenters. The maximum Gasteiger partial charge on any atom is 0.271 e. The van der Waals surface area contributed by atoms with Crippen molar-refractivity contribution in [2.75, 3.05) is 6.79 Å². The monoisotopic (exact) mass is 479 g/mol. The number of carbonyl (C=O) groups excluding carboxylic acids is 2. The fraction of sp³-hybridized carbons (Fsp3) is 0.462. The van der Waals surface area contributed by atoms with Gasteiger partial charge in [0, 0.05) is 12.6 Å². The third kappa shape index (κ3) is 3.38. The molecule has 0 spiro atoms. The van der Waals surface area contributed by atoms with Gasteiger partial charge in [0.15, 0.2) is 11.5 Å². The number of hydrogen-bond acceptors (Lipinski definition) is 5. The van der Waals surface area contributed by atoms with Gasteiger partial charge in [0.05, 0.1) is 16.8 Å². The van der Waals surface area contributed by atoms with Crippen molar-refractivity contribution in [2.24, 2.45) is 5.92 Å². The minimum absolute atomic E-state index is 0.0805. The maximum absolute atomic E-state index is 13.9. The second-order valence-electron chi connectivity index (χ2n) is 9.98. The lowest BCUT2D eigenvalue weighted by Crippen LogP contribution is -2.65. The maximum atomic E-state index is 13.9. The fourth-order valence-electron chi connectivity index (χ4n) is 5.60. The number of nitrogens with one attached hydrogen (secondary N) is 1. The third-order valence-electron chi connectivity index (χ3n) is 7.74. The Labute approximate surface area is 202 Å². The highest BCUT2D eigenvalue weighted by molar-refractivity contribution is 7.17. The van der Waals surface area contributed by atoms with Gasteiger partial charge in [-0.2, -0.15) is 0 Å². The molecule has 2 aromatic heterocycles. The zero-order valence-corrected chi connectivity index (χ0v) is 20.3. The quantitative estimate of drug-likeness (QED) is 0.596. The summed E-state index contributed by atoms with van der Waals surface area (Å²) in [4.78, 5) is 29.5. The molecule has 1 aromatic carbocycles. The van der Waals surface area contributed by atoms with Crippen molar-refractivity contribution in [2.45, 2.75) is 64.2 Å². The Kier molecular flexibility index (Phi) is 5.09. The normalized spacial score (nSPS) is 26.1. The number of hydrogen-bond donors (Lipinski definition) is 1. The first-order valence-corrected chi connectivity index (χ1v) is 12.9. The summed E-state index contributed by atoms with van der Waals surface area (Å²) >= 11 is 1.62. The molecule has 2 amide bonds. The Hall–Kier alpha value is -3.00. The van der Waals surface area contributed by atoms with Gasteiger partial charge < -0.3 is 24.3 Å². The van der Waals surface area contributed by atoms with Gasteiger partial charge in [-0.15, -0.1) is 11.3 Å². The molecule has 6 rings (SSSR count). The van der Waals surface area contributed by atoms with Crippen molar-refractivity contribution < 1.29 is 19.1 Å². The molecule has 0 radical (unpaired) electrons. The van der Waals surface area contributed by atoms with Crippen LogP contribution in [-0.2, 0) is 17.9 Å². The van der Waals surface area contributed by atoms with Gasteiger partial charge in [0.2, 0.25) is 12.7 Å². The predicted molar refractivity (Wildman–Crippen MR) is 130 cm³/mol. The van der Waals surface area contributed by atoms with Crippen LogP contribution in [0.1, 0.15) is 55.6 Å². The Morgan fingerprint density at radius 3 is 2.85 bits per heavy atom. The first-order chi connectivity index (χ1) is 16.4. The van der Waals surface area contributed by atoms with Crippen LogP contribution in [0.2, 0.25) is 0 Å². The summed E-state index contributed by atoms with van der Waals surface area (Å²) < 4.78 is 14.1. The van der Waals surface area contributed by atoms with Crippen molar-refractivity contribution in [3.8, 4) is 11.5 Å². The second-order valence-corrected chi connectivity index (χ2v) is 10.9. The number of fused-ring (bicyclic) bond motifs is 4. The number of aromatic nitrogens is 1. The van der Waals surface area contributed by atoms with Gasteiger partial charge in [0.1, 0.15) is 11.2 Å². The van der Waals surface area contributed by atoms with Crippen molar-refractivity contribution in [1.82, 2.24) is 14.8 Å². The Morgan fingerprint density at radius 1 is 1.18 bits per heavy atom. The smallest absolute Gasteiger partial charge is 0.271 e. The van der Waals surface area contributed by atoms with E-state index in [1.54, 1.807) is 16.2 Å². The minimum atomic E-state index is -1.02. The number of benzene rings is 1. The lowest BCUT2D eigenvalue weighted by molar-refractivity contribution is -0.134. The number of rotatable bonds is 4. The van der Waals surface area contributed by atoms with Gasteiger partial charge >= 0.3 is 0 Å². The van der Waals surface area contributed by atoms with Gasteiger partial charge in [-0.1, -0.05) is 25.8 Å². The summed E-state index contributed by atoms with van der Waals surface area (Å²) in [6.45, 7) is 5.05. The number of carbonyl (C=O) groups is 2. The van der Waals surface area contributed by atoms with E-state index >= 15 is 0 Å². The molecule has 3 aromatic rings. The summed E-state index contributed by atoms with van der Waals surface area (Å²) in [6.07, 6.45) is 4.45. The molecular weight excluding hydrogens is 450 g/mol. The van der Waals surface area contributed by atoms with Crippen LogP contribution in [0.4, 0.5) is 0 Å². The predicted octanol–water partition coefficient (Wildman–Crippen LogP) is 4.54. The van der Waals surface area contributed by atoms with Crippen LogP contribution in [-0.4, -0.2) is 39.7 Å². The lowest BCUT2D eigenvalue weighted by Gasteiger charge is -2.45. The first-order valence-electron chi connectivity index (χ1n) is 12.0. The largest absolute Gasteiger partial charge is 0.454 e.